The molecule has 1 atom stereocenters. The molecule has 1 aliphatic rings. The number of aromatic nitrogens is 2. The number of hydrogen-bond acceptors (Lipinski definition) is 6. The number of aryl methyl sites for hydroxylation is 2. The van der Waals surface area contributed by atoms with Gasteiger partial charge in [-0.1, -0.05) is 11.8 Å². The van der Waals surface area contributed by atoms with Crippen LogP contribution in [0.25, 0.3) is 10.2 Å². The topological polar surface area (TPSA) is 58.1 Å². The quantitative estimate of drug-likeness (QED) is 0.632. The van der Waals surface area contributed by atoms with Crippen LogP contribution in [0.2, 0.25) is 0 Å². The van der Waals surface area contributed by atoms with Gasteiger partial charge in [0.15, 0.2) is 0 Å². The Kier molecular flexibility index (Phi) is 6.86. The molecular formula is C16H23ClN4OS2. The number of nitrogens with zero attached hydrogens (tertiary/aromatic N) is 3. The van der Waals surface area contributed by atoms with Crippen molar-refractivity contribution in [1.82, 2.24) is 20.2 Å². The van der Waals surface area contributed by atoms with Crippen LogP contribution in [0.1, 0.15) is 23.3 Å². The summed E-state index contributed by atoms with van der Waals surface area (Å²) in [7, 11) is 1.94. The van der Waals surface area contributed by atoms with Crippen LogP contribution in [0, 0.1) is 13.8 Å². The number of fused-ring (bicyclic) bond motifs is 1. The molecule has 0 spiro atoms. The number of rotatable bonds is 5. The Morgan fingerprint density at radius 2 is 2.25 bits per heavy atom. The first-order valence-electron chi connectivity index (χ1n) is 7.89. The number of amides is 1. The molecule has 8 heteroatoms. The monoisotopic (exact) mass is 386 g/mol. The van der Waals surface area contributed by atoms with Gasteiger partial charge in [0.25, 0.3) is 0 Å². The van der Waals surface area contributed by atoms with E-state index in [4.69, 9.17) is 0 Å². The molecule has 2 aromatic rings. The largest absolute Gasteiger partial charge is 0.338 e. The third-order valence-electron chi connectivity index (χ3n) is 4.40. The minimum Gasteiger partial charge on any atom is -0.338 e. The molecule has 24 heavy (non-hydrogen) atoms. The molecule has 0 aromatic carbocycles. The van der Waals surface area contributed by atoms with Crippen molar-refractivity contribution in [3.63, 3.8) is 0 Å². The highest BCUT2D eigenvalue weighted by molar-refractivity contribution is 8.00. The summed E-state index contributed by atoms with van der Waals surface area (Å²) in [5.41, 5.74) is 1.23. The first kappa shape index (κ1) is 19.4. The van der Waals surface area contributed by atoms with Crippen molar-refractivity contribution in [2.45, 2.75) is 37.8 Å². The van der Waals surface area contributed by atoms with Gasteiger partial charge in [0, 0.05) is 29.4 Å². The van der Waals surface area contributed by atoms with Crippen molar-refractivity contribution < 1.29 is 4.79 Å². The molecule has 5 nitrogen and oxygen atoms in total. The predicted octanol–water partition coefficient (Wildman–Crippen LogP) is 3.03. The van der Waals surface area contributed by atoms with Crippen LogP contribution in [0.4, 0.5) is 0 Å². The van der Waals surface area contributed by atoms with Crippen LogP contribution in [-0.2, 0) is 4.79 Å². The molecule has 0 aliphatic carbocycles. The van der Waals surface area contributed by atoms with Crippen molar-refractivity contribution in [3.05, 3.63) is 16.8 Å². The summed E-state index contributed by atoms with van der Waals surface area (Å²) in [6.45, 7) is 5.96. The Bertz CT molecular complexity index is 721. The summed E-state index contributed by atoms with van der Waals surface area (Å²) >= 11 is 3.23. The summed E-state index contributed by atoms with van der Waals surface area (Å²) in [6, 6.07) is 0.337. The van der Waals surface area contributed by atoms with Gasteiger partial charge in [0.2, 0.25) is 5.91 Å². The van der Waals surface area contributed by atoms with E-state index in [1.165, 1.54) is 22.2 Å². The fourth-order valence-electron chi connectivity index (χ4n) is 3.08. The van der Waals surface area contributed by atoms with Gasteiger partial charge in [-0.25, -0.2) is 9.97 Å². The number of likely N-dealkylation sites (N-methyl/N-ethyl adjacent to an activating group) is 1. The molecule has 1 saturated heterocycles. The maximum Gasteiger partial charge on any atom is 0.233 e. The summed E-state index contributed by atoms with van der Waals surface area (Å²) in [4.78, 5) is 25.6. The van der Waals surface area contributed by atoms with Gasteiger partial charge in [0.05, 0.1) is 5.75 Å². The molecule has 3 heterocycles. The second-order valence-corrected chi connectivity index (χ2v) is 8.04. The highest BCUT2D eigenvalue weighted by Crippen LogP contribution is 2.34. The first-order chi connectivity index (χ1) is 11.1. The van der Waals surface area contributed by atoms with Crippen molar-refractivity contribution in [3.8, 4) is 0 Å². The second-order valence-electron chi connectivity index (χ2n) is 5.87. The van der Waals surface area contributed by atoms with Crippen LogP contribution in [-0.4, -0.2) is 52.7 Å². The van der Waals surface area contributed by atoms with Crippen LogP contribution < -0.4 is 5.32 Å². The van der Waals surface area contributed by atoms with Crippen molar-refractivity contribution >= 4 is 51.6 Å². The van der Waals surface area contributed by atoms with E-state index < -0.39 is 0 Å². The molecule has 1 fully saturated rings. The number of carbonyl (C=O) groups excluding carboxylic acids is 1. The normalized spacial score (nSPS) is 17.3. The zero-order valence-corrected chi connectivity index (χ0v) is 16.6. The molecule has 0 saturated carbocycles. The van der Waals surface area contributed by atoms with E-state index in [1.807, 2.05) is 11.9 Å². The third-order valence-corrected chi connectivity index (χ3v) is 6.49. The Hall–Kier alpha value is -0.890. The van der Waals surface area contributed by atoms with Gasteiger partial charge < -0.3 is 10.2 Å². The van der Waals surface area contributed by atoms with E-state index in [9.17, 15) is 4.79 Å². The second kappa shape index (κ2) is 8.47. The smallest absolute Gasteiger partial charge is 0.233 e. The van der Waals surface area contributed by atoms with Gasteiger partial charge >= 0.3 is 0 Å². The lowest BCUT2D eigenvalue weighted by atomic mass is 10.2. The zero-order chi connectivity index (χ0) is 16.4. The summed E-state index contributed by atoms with van der Waals surface area (Å²) in [5.74, 6) is 0.657. The molecule has 1 N–H and O–H groups in total. The van der Waals surface area contributed by atoms with E-state index in [-0.39, 0.29) is 18.3 Å². The maximum absolute atomic E-state index is 12.6. The molecule has 1 unspecified atom stereocenters. The third kappa shape index (κ3) is 3.85. The number of likely N-dealkylation sites (tertiary alicyclic amines) is 1. The standard InChI is InChI=1S/C16H22N4OS2.ClH/c1-10-11(2)23-16-14(10)15(18-9-19-16)22-8-13(21)20-6-4-5-12(20)7-17-3;/h9,12,17H,4-8H2,1-3H3;1H. The van der Waals surface area contributed by atoms with E-state index in [2.05, 4.69) is 29.1 Å². The summed E-state index contributed by atoms with van der Waals surface area (Å²) < 4.78 is 0. The Morgan fingerprint density at radius 3 is 3.00 bits per heavy atom. The molecule has 3 rings (SSSR count). The van der Waals surface area contributed by atoms with Gasteiger partial charge in [-0.2, -0.15) is 0 Å². The summed E-state index contributed by atoms with van der Waals surface area (Å²) in [5, 5.41) is 5.22. The average molecular weight is 387 g/mol. The highest BCUT2D eigenvalue weighted by Gasteiger charge is 2.28. The predicted molar refractivity (Wildman–Crippen MR) is 104 cm³/mol. The molecule has 0 radical (unpaired) electrons. The van der Waals surface area contributed by atoms with Gasteiger partial charge in [-0.05, 0) is 39.3 Å². The molecular weight excluding hydrogens is 364 g/mol. The van der Waals surface area contributed by atoms with Gasteiger partial charge in [-0.15, -0.1) is 23.7 Å². The lowest BCUT2D eigenvalue weighted by Gasteiger charge is -2.24. The highest BCUT2D eigenvalue weighted by atomic mass is 35.5. The number of thioether (sulfide) groups is 1. The first-order valence-corrected chi connectivity index (χ1v) is 9.69. The van der Waals surface area contributed by atoms with Crippen molar-refractivity contribution in [2.24, 2.45) is 0 Å². The van der Waals surface area contributed by atoms with Gasteiger partial charge in [0.1, 0.15) is 16.2 Å². The van der Waals surface area contributed by atoms with Crippen LogP contribution in [0.5, 0.6) is 0 Å². The minimum absolute atomic E-state index is 0. The van der Waals surface area contributed by atoms with E-state index >= 15 is 0 Å². The van der Waals surface area contributed by atoms with Crippen molar-refractivity contribution in [1.29, 1.82) is 0 Å². The zero-order valence-electron chi connectivity index (χ0n) is 14.2. The lowest BCUT2D eigenvalue weighted by molar-refractivity contribution is -0.129. The molecule has 2 aromatic heterocycles. The van der Waals surface area contributed by atoms with Gasteiger partial charge in [-0.3, -0.25) is 4.79 Å². The molecule has 1 aliphatic heterocycles. The Labute approximate surface area is 157 Å². The fraction of sp³-hybridized carbons (Fsp3) is 0.562. The van der Waals surface area contributed by atoms with E-state index in [0.29, 0.717) is 11.8 Å². The number of thiophene rings is 1. The minimum atomic E-state index is 0. The van der Waals surface area contributed by atoms with Crippen LogP contribution in [0.15, 0.2) is 11.4 Å². The Balaban J connectivity index is 0.00000208. The van der Waals surface area contributed by atoms with E-state index in [0.717, 1.165) is 41.2 Å². The molecule has 1 amide bonds. The fourth-order valence-corrected chi connectivity index (χ4v) is 5.09. The van der Waals surface area contributed by atoms with Crippen LogP contribution >= 0.6 is 35.5 Å². The molecule has 0 bridgehead atoms. The average Bonchev–Trinajstić information content (AvgIpc) is 3.11. The maximum atomic E-state index is 12.6. The summed E-state index contributed by atoms with van der Waals surface area (Å²) in [6.07, 6.45) is 3.80. The van der Waals surface area contributed by atoms with Crippen LogP contribution in [0.3, 0.4) is 0 Å². The number of halogens is 1. The number of nitrogens with one attached hydrogen (secondary N) is 1. The Morgan fingerprint density at radius 1 is 1.46 bits per heavy atom. The number of carbonyl (C=O) groups is 1. The molecule has 132 valence electrons. The SMILES string of the molecule is CNCC1CCCN1C(=O)CSc1ncnc2sc(C)c(C)c12.Cl. The van der Waals surface area contributed by atoms with Crippen molar-refractivity contribution in [2.75, 3.05) is 25.9 Å². The number of hydrogen-bond donors (Lipinski definition) is 1. The lowest BCUT2D eigenvalue weighted by Crippen LogP contribution is -2.41. The van der Waals surface area contributed by atoms with E-state index in [1.54, 1.807) is 17.7 Å².